The molecular weight excluding hydrogens is 294 g/mol. The molecule has 0 aliphatic heterocycles. The van der Waals surface area contributed by atoms with Crippen molar-refractivity contribution in [1.29, 1.82) is 0 Å². The number of imidazole rings is 1. The molecule has 2 aromatic rings. The van der Waals surface area contributed by atoms with E-state index in [9.17, 15) is 10.2 Å². The van der Waals surface area contributed by atoms with Crippen LogP contribution in [0.4, 0.5) is 5.69 Å². The summed E-state index contributed by atoms with van der Waals surface area (Å²) in [5.41, 5.74) is 0.784. The molecule has 1 aromatic carbocycles. The van der Waals surface area contributed by atoms with Crippen LogP contribution < -0.4 is 9.64 Å². The van der Waals surface area contributed by atoms with E-state index in [-0.39, 0.29) is 11.8 Å². The molecule has 0 spiro atoms. The summed E-state index contributed by atoms with van der Waals surface area (Å²) in [5.74, 6) is 0.871. The third-order valence-corrected chi connectivity index (χ3v) is 3.50. The molecule has 6 heteroatoms. The number of aromatic hydroxyl groups is 1. The van der Waals surface area contributed by atoms with Crippen molar-refractivity contribution in [1.82, 2.24) is 9.55 Å². The van der Waals surface area contributed by atoms with Crippen LogP contribution in [0, 0.1) is 0 Å². The van der Waals surface area contributed by atoms with E-state index >= 15 is 0 Å². The highest BCUT2D eigenvalue weighted by Gasteiger charge is 2.18. The number of phenolic OH excluding ortho intramolecular Hbond substituents is 1. The summed E-state index contributed by atoms with van der Waals surface area (Å²) < 4.78 is 7.84. The number of anilines is 1. The average Bonchev–Trinajstić information content (AvgIpc) is 2.99. The zero-order valence-electron chi connectivity index (χ0n) is 13.9. The van der Waals surface area contributed by atoms with Crippen LogP contribution in [0.2, 0.25) is 0 Å². The molecule has 2 rings (SSSR count). The third kappa shape index (κ3) is 4.89. The monoisotopic (exact) mass is 319 g/mol. The number of nitrogens with zero attached hydrogens (tertiary/aromatic N) is 3. The molecule has 0 saturated heterocycles. The van der Waals surface area contributed by atoms with E-state index in [2.05, 4.69) is 4.98 Å². The van der Waals surface area contributed by atoms with Crippen molar-refractivity contribution in [3.05, 3.63) is 36.9 Å². The van der Waals surface area contributed by atoms with E-state index in [1.165, 1.54) is 0 Å². The standard InChI is InChI=1S/C17H25N3O3/c1-13(2)20(11-14(3)21)16-10-15(22)4-5-17(16)23-9-8-19-7-6-18-12-19/h4-7,10,12-14,21-22H,8-9,11H2,1-3H3. The Kier molecular flexibility index (Phi) is 5.87. The number of phenols is 1. The lowest BCUT2D eigenvalue weighted by atomic mass is 10.2. The zero-order chi connectivity index (χ0) is 16.8. The quantitative estimate of drug-likeness (QED) is 0.781. The van der Waals surface area contributed by atoms with Gasteiger partial charge in [0.2, 0.25) is 0 Å². The van der Waals surface area contributed by atoms with Crippen LogP contribution in [-0.4, -0.2) is 45.1 Å². The Bertz CT molecular complexity index is 597. The lowest BCUT2D eigenvalue weighted by Crippen LogP contribution is -2.37. The largest absolute Gasteiger partial charge is 0.508 e. The first-order valence-electron chi connectivity index (χ1n) is 7.83. The van der Waals surface area contributed by atoms with Gasteiger partial charge in [-0.15, -0.1) is 0 Å². The summed E-state index contributed by atoms with van der Waals surface area (Å²) in [6, 6.07) is 5.21. The van der Waals surface area contributed by atoms with Crippen molar-refractivity contribution >= 4 is 5.69 Å². The molecule has 0 saturated carbocycles. The summed E-state index contributed by atoms with van der Waals surface area (Å²) >= 11 is 0. The predicted octanol–water partition coefficient (Wildman–Crippen LogP) is 2.26. The van der Waals surface area contributed by atoms with E-state index in [1.54, 1.807) is 37.6 Å². The van der Waals surface area contributed by atoms with Crippen molar-refractivity contribution in [2.24, 2.45) is 0 Å². The summed E-state index contributed by atoms with van der Waals surface area (Å²) in [6.45, 7) is 7.49. The number of benzene rings is 1. The smallest absolute Gasteiger partial charge is 0.142 e. The molecule has 0 bridgehead atoms. The normalized spacial score (nSPS) is 12.4. The molecule has 126 valence electrons. The van der Waals surface area contributed by atoms with Crippen LogP contribution >= 0.6 is 0 Å². The second kappa shape index (κ2) is 7.87. The summed E-state index contributed by atoms with van der Waals surface area (Å²) in [7, 11) is 0. The lowest BCUT2D eigenvalue weighted by molar-refractivity contribution is 0.197. The maximum atomic E-state index is 9.82. The van der Waals surface area contributed by atoms with E-state index in [0.717, 1.165) is 5.69 Å². The summed E-state index contributed by atoms with van der Waals surface area (Å²) in [5, 5.41) is 19.6. The minimum atomic E-state index is -0.474. The molecule has 0 radical (unpaired) electrons. The van der Waals surface area contributed by atoms with Crippen LogP contribution in [-0.2, 0) is 6.54 Å². The van der Waals surface area contributed by atoms with Gasteiger partial charge in [-0.05, 0) is 32.9 Å². The molecule has 2 N–H and O–H groups in total. The second-order valence-corrected chi connectivity index (χ2v) is 5.90. The third-order valence-electron chi connectivity index (χ3n) is 3.50. The number of ether oxygens (including phenoxy) is 1. The maximum absolute atomic E-state index is 9.82. The summed E-state index contributed by atoms with van der Waals surface area (Å²) in [4.78, 5) is 6.02. The molecule has 0 amide bonds. The van der Waals surface area contributed by atoms with Crippen molar-refractivity contribution < 1.29 is 14.9 Å². The maximum Gasteiger partial charge on any atom is 0.142 e. The topological polar surface area (TPSA) is 70.8 Å². The molecule has 6 nitrogen and oxygen atoms in total. The number of aromatic nitrogens is 2. The molecule has 1 unspecified atom stereocenters. The van der Waals surface area contributed by atoms with Gasteiger partial charge in [-0.3, -0.25) is 0 Å². The van der Waals surface area contributed by atoms with Crippen molar-refractivity contribution in [3.8, 4) is 11.5 Å². The van der Waals surface area contributed by atoms with E-state index < -0.39 is 6.10 Å². The Hall–Kier alpha value is -2.21. The minimum Gasteiger partial charge on any atom is -0.508 e. The predicted molar refractivity (Wildman–Crippen MR) is 90.0 cm³/mol. The van der Waals surface area contributed by atoms with Gasteiger partial charge in [-0.25, -0.2) is 4.98 Å². The first-order chi connectivity index (χ1) is 11.0. The molecule has 1 atom stereocenters. The Morgan fingerprint density at radius 1 is 1.30 bits per heavy atom. The molecular formula is C17H25N3O3. The van der Waals surface area contributed by atoms with Gasteiger partial charge in [0.05, 0.1) is 24.7 Å². The van der Waals surface area contributed by atoms with Gasteiger partial charge in [0, 0.05) is 31.0 Å². The van der Waals surface area contributed by atoms with Crippen LogP contribution in [0.15, 0.2) is 36.9 Å². The van der Waals surface area contributed by atoms with Crippen LogP contribution in [0.25, 0.3) is 0 Å². The lowest BCUT2D eigenvalue weighted by Gasteiger charge is -2.31. The zero-order valence-corrected chi connectivity index (χ0v) is 13.9. The first-order valence-corrected chi connectivity index (χ1v) is 7.83. The van der Waals surface area contributed by atoms with E-state index in [4.69, 9.17) is 4.74 Å². The van der Waals surface area contributed by atoms with Crippen LogP contribution in [0.5, 0.6) is 11.5 Å². The van der Waals surface area contributed by atoms with E-state index in [0.29, 0.717) is 25.4 Å². The van der Waals surface area contributed by atoms with Gasteiger partial charge in [0.1, 0.15) is 18.1 Å². The Labute approximate surface area is 137 Å². The highest BCUT2D eigenvalue weighted by atomic mass is 16.5. The molecule has 0 aliphatic rings. The Morgan fingerprint density at radius 2 is 2.09 bits per heavy atom. The highest BCUT2D eigenvalue weighted by molar-refractivity contribution is 5.62. The van der Waals surface area contributed by atoms with Crippen molar-refractivity contribution in [3.63, 3.8) is 0 Å². The van der Waals surface area contributed by atoms with E-state index in [1.807, 2.05) is 29.5 Å². The molecule has 23 heavy (non-hydrogen) atoms. The fourth-order valence-corrected chi connectivity index (χ4v) is 2.40. The number of rotatable bonds is 8. The number of hydrogen-bond donors (Lipinski definition) is 2. The Balaban J connectivity index is 2.14. The molecule has 1 aromatic heterocycles. The fourth-order valence-electron chi connectivity index (χ4n) is 2.40. The molecule has 1 heterocycles. The van der Waals surface area contributed by atoms with Crippen molar-refractivity contribution in [2.45, 2.75) is 39.5 Å². The number of hydrogen-bond acceptors (Lipinski definition) is 5. The van der Waals surface area contributed by atoms with Gasteiger partial charge in [0.15, 0.2) is 0 Å². The Morgan fingerprint density at radius 3 is 2.70 bits per heavy atom. The van der Waals surface area contributed by atoms with Gasteiger partial charge in [-0.1, -0.05) is 0 Å². The van der Waals surface area contributed by atoms with Gasteiger partial charge in [-0.2, -0.15) is 0 Å². The molecule has 0 aliphatic carbocycles. The van der Waals surface area contributed by atoms with Crippen LogP contribution in [0.1, 0.15) is 20.8 Å². The van der Waals surface area contributed by atoms with Gasteiger partial charge < -0.3 is 24.4 Å². The van der Waals surface area contributed by atoms with Crippen LogP contribution in [0.3, 0.4) is 0 Å². The van der Waals surface area contributed by atoms with Crippen molar-refractivity contribution in [2.75, 3.05) is 18.1 Å². The number of aliphatic hydroxyl groups excluding tert-OH is 1. The minimum absolute atomic E-state index is 0.169. The second-order valence-electron chi connectivity index (χ2n) is 5.90. The van der Waals surface area contributed by atoms with Gasteiger partial charge >= 0.3 is 0 Å². The first kappa shape index (κ1) is 17.1. The SMILES string of the molecule is CC(O)CN(c1cc(O)ccc1OCCn1ccnc1)C(C)C. The fraction of sp³-hybridized carbons (Fsp3) is 0.471. The van der Waals surface area contributed by atoms with Gasteiger partial charge in [0.25, 0.3) is 0 Å². The molecule has 0 fully saturated rings. The average molecular weight is 319 g/mol. The number of aliphatic hydroxyl groups is 1. The summed E-state index contributed by atoms with van der Waals surface area (Å²) in [6.07, 6.45) is 4.89. The highest BCUT2D eigenvalue weighted by Crippen LogP contribution is 2.33.